The predicted octanol–water partition coefficient (Wildman–Crippen LogP) is 3.63. The Labute approximate surface area is 212 Å². The van der Waals surface area contributed by atoms with Crippen LogP contribution in [0, 0.1) is 0 Å². The minimum atomic E-state index is -0.708. The molecule has 8 heteroatoms. The van der Waals surface area contributed by atoms with Crippen molar-refractivity contribution in [2.24, 2.45) is 0 Å². The van der Waals surface area contributed by atoms with Gasteiger partial charge in [0, 0.05) is 31.7 Å². The molecule has 1 atom stereocenters. The maximum absolute atomic E-state index is 13.2. The quantitative estimate of drug-likeness (QED) is 0.307. The van der Waals surface area contributed by atoms with Crippen molar-refractivity contribution in [2.75, 3.05) is 53.1 Å². The van der Waals surface area contributed by atoms with E-state index >= 15 is 0 Å². The SMILES string of the molecule is CCCOc1ccc(/C(O)=C2/C(=O)C(=O)N(CCCN3CCOCC3)C2c2cccc(OC)c2)cc1. The van der Waals surface area contributed by atoms with E-state index in [4.69, 9.17) is 14.2 Å². The summed E-state index contributed by atoms with van der Waals surface area (Å²) in [5.41, 5.74) is 1.25. The average molecular weight is 495 g/mol. The van der Waals surface area contributed by atoms with E-state index in [1.165, 1.54) is 0 Å². The maximum Gasteiger partial charge on any atom is 0.295 e. The number of ether oxygens (including phenoxy) is 3. The number of likely N-dealkylation sites (tertiary alicyclic amines) is 1. The molecule has 1 N–H and O–H groups in total. The largest absolute Gasteiger partial charge is 0.507 e. The summed E-state index contributed by atoms with van der Waals surface area (Å²) < 4.78 is 16.4. The van der Waals surface area contributed by atoms with Crippen molar-refractivity contribution >= 4 is 17.4 Å². The Bertz CT molecular complexity index is 1090. The van der Waals surface area contributed by atoms with Gasteiger partial charge in [-0.2, -0.15) is 0 Å². The van der Waals surface area contributed by atoms with Crippen LogP contribution in [0.5, 0.6) is 11.5 Å². The standard InChI is InChI=1S/C28H34N2O6/c1-3-16-36-22-10-8-20(9-11-22)26(31)24-25(21-6-4-7-23(19-21)34-2)30(28(33)27(24)32)13-5-12-29-14-17-35-18-15-29/h4,6-11,19,25,31H,3,5,12-18H2,1-2H3/b26-24-. The molecule has 0 saturated carbocycles. The van der Waals surface area contributed by atoms with Crippen molar-refractivity contribution < 1.29 is 28.9 Å². The van der Waals surface area contributed by atoms with Gasteiger partial charge in [0.25, 0.3) is 11.7 Å². The number of amides is 1. The Balaban J connectivity index is 1.65. The second-order valence-corrected chi connectivity index (χ2v) is 8.95. The van der Waals surface area contributed by atoms with Crippen LogP contribution in [-0.2, 0) is 14.3 Å². The number of ketones is 1. The molecule has 2 aromatic rings. The number of hydrogen-bond acceptors (Lipinski definition) is 7. The highest BCUT2D eigenvalue weighted by Crippen LogP contribution is 2.40. The minimum absolute atomic E-state index is 0.0850. The van der Waals surface area contributed by atoms with Gasteiger partial charge in [0.2, 0.25) is 0 Å². The zero-order valence-corrected chi connectivity index (χ0v) is 20.9. The highest BCUT2D eigenvalue weighted by Gasteiger charge is 2.46. The molecule has 0 aromatic heterocycles. The molecule has 0 bridgehead atoms. The van der Waals surface area contributed by atoms with Gasteiger partial charge in [0.05, 0.1) is 38.5 Å². The number of nitrogens with zero attached hydrogens (tertiary/aromatic N) is 2. The molecule has 2 aliphatic rings. The summed E-state index contributed by atoms with van der Waals surface area (Å²) >= 11 is 0. The summed E-state index contributed by atoms with van der Waals surface area (Å²) in [6, 6.07) is 13.5. The maximum atomic E-state index is 13.2. The van der Waals surface area contributed by atoms with Gasteiger partial charge >= 0.3 is 0 Å². The van der Waals surface area contributed by atoms with Crippen molar-refractivity contribution in [3.05, 3.63) is 65.2 Å². The summed E-state index contributed by atoms with van der Waals surface area (Å²) in [7, 11) is 1.57. The van der Waals surface area contributed by atoms with Crippen LogP contribution < -0.4 is 9.47 Å². The lowest BCUT2D eigenvalue weighted by Crippen LogP contribution is -2.38. The Morgan fingerprint density at radius 3 is 2.50 bits per heavy atom. The topological polar surface area (TPSA) is 88.5 Å². The number of aliphatic hydroxyl groups is 1. The fourth-order valence-corrected chi connectivity index (χ4v) is 4.64. The molecule has 1 unspecified atom stereocenters. The third kappa shape index (κ3) is 5.71. The molecule has 0 spiro atoms. The molecule has 2 aromatic carbocycles. The average Bonchev–Trinajstić information content (AvgIpc) is 3.17. The first-order valence-electron chi connectivity index (χ1n) is 12.5. The van der Waals surface area contributed by atoms with Gasteiger partial charge in [0.15, 0.2) is 0 Å². The fraction of sp³-hybridized carbons (Fsp3) is 0.429. The van der Waals surface area contributed by atoms with E-state index in [-0.39, 0.29) is 11.3 Å². The van der Waals surface area contributed by atoms with Crippen LogP contribution in [0.1, 0.15) is 36.9 Å². The van der Waals surface area contributed by atoms with Crippen molar-refractivity contribution in [3.8, 4) is 11.5 Å². The van der Waals surface area contributed by atoms with E-state index in [0.29, 0.717) is 55.4 Å². The molecular weight excluding hydrogens is 460 g/mol. The van der Waals surface area contributed by atoms with Crippen LogP contribution in [0.25, 0.3) is 5.76 Å². The van der Waals surface area contributed by atoms with Gasteiger partial charge in [-0.1, -0.05) is 19.1 Å². The van der Waals surface area contributed by atoms with Gasteiger partial charge in [0.1, 0.15) is 17.3 Å². The van der Waals surface area contributed by atoms with E-state index in [0.717, 1.165) is 26.1 Å². The molecular formula is C28H34N2O6. The molecule has 36 heavy (non-hydrogen) atoms. The number of carbonyl (C=O) groups is 2. The van der Waals surface area contributed by atoms with E-state index in [1.54, 1.807) is 42.3 Å². The van der Waals surface area contributed by atoms with Gasteiger partial charge in [-0.05, 0) is 54.8 Å². The first kappa shape index (κ1) is 25.7. The lowest BCUT2D eigenvalue weighted by atomic mass is 9.95. The smallest absolute Gasteiger partial charge is 0.295 e. The number of aliphatic hydroxyl groups excluding tert-OH is 1. The number of hydrogen-bond donors (Lipinski definition) is 1. The van der Waals surface area contributed by atoms with Crippen molar-refractivity contribution in [1.82, 2.24) is 9.80 Å². The first-order chi connectivity index (χ1) is 17.5. The number of Topliss-reactive ketones (excluding diaryl/α,β-unsaturated/α-hetero) is 1. The molecule has 2 fully saturated rings. The Morgan fingerprint density at radius 1 is 1.06 bits per heavy atom. The molecule has 0 aliphatic carbocycles. The van der Waals surface area contributed by atoms with Gasteiger partial charge in [-0.3, -0.25) is 14.5 Å². The highest BCUT2D eigenvalue weighted by molar-refractivity contribution is 6.46. The van der Waals surface area contributed by atoms with Crippen molar-refractivity contribution in [3.63, 3.8) is 0 Å². The van der Waals surface area contributed by atoms with E-state index in [1.807, 2.05) is 25.1 Å². The molecule has 2 aliphatic heterocycles. The van der Waals surface area contributed by atoms with Gasteiger partial charge in [-0.15, -0.1) is 0 Å². The summed E-state index contributed by atoms with van der Waals surface area (Å²) in [4.78, 5) is 30.3. The lowest BCUT2D eigenvalue weighted by Gasteiger charge is -2.29. The number of methoxy groups -OCH3 is 1. The van der Waals surface area contributed by atoms with Crippen LogP contribution >= 0.6 is 0 Å². The summed E-state index contributed by atoms with van der Waals surface area (Å²) in [5, 5.41) is 11.3. The summed E-state index contributed by atoms with van der Waals surface area (Å²) in [5.74, 6) is -0.184. The highest BCUT2D eigenvalue weighted by atomic mass is 16.5. The number of carbonyl (C=O) groups excluding carboxylic acids is 2. The van der Waals surface area contributed by atoms with Crippen LogP contribution in [0.2, 0.25) is 0 Å². The zero-order chi connectivity index (χ0) is 25.5. The summed E-state index contributed by atoms with van der Waals surface area (Å²) in [6.07, 6.45) is 1.59. The van der Waals surface area contributed by atoms with E-state index in [9.17, 15) is 14.7 Å². The van der Waals surface area contributed by atoms with Crippen LogP contribution in [0.15, 0.2) is 54.1 Å². The first-order valence-corrected chi connectivity index (χ1v) is 12.5. The Morgan fingerprint density at radius 2 is 1.81 bits per heavy atom. The number of morpholine rings is 1. The van der Waals surface area contributed by atoms with E-state index in [2.05, 4.69) is 4.90 Å². The minimum Gasteiger partial charge on any atom is -0.507 e. The zero-order valence-electron chi connectivity index (χ0n) is 20.9. The normalized spacial score (nSPS) is 20.1. The molecule has 192 valence electrons. The van der Waals surface area contributed by atoms with E-state index < -0.39 is 17.7 Å². The molecule has 4 rings (SSSR count). The van der Waals surface area contributed by atoms with Gasteiger partial charge in [-0.25, -0.2) is 0 Å². The predicted molar refractivity (Wildman–Crippen MR) is 136 cm³/mol. The van der Waals surface area contributed by atoms with Crippen molar-refractivity contribution in [1.29, 1.82) is 0 Å². The number of benzene rings is 2. The lowest BCUT2D eigenvalue weighted by molar-refractivity contribution is -0.140. The number of rotatable bonds is 10. The van der Waals surface area contributed by atoms with Crippen LogP contribution in [-0.4, -0.2) is 79.7 Å². The molecule has 2 heterocycles. The molecule has 2 saturated heterocycles. The summed E-state index contributed by atoms with van der Waals surface area (Å²) in [6.45, 7) is 6.94. The third-order valence-electron chi connectivity index (χ3n) is 6.53. The second kappa shape index (κ2) is 12.1. The van der Waals surface area contributed by atoms with Crippen LogP contribution in [0.4, 0.5) is 0 Å². The molecule has 1 amide bonds. The van der Waals surface area contributed by atoms with Crippen molar-refractivity contribution in [2.45, 2.75) is 25.8 Å². The second-order valence-electron chi connectivity index (χ2n) is 8.95. The Kier molecular flexibility index (Phi) is 8.61. The fourth-order valence-electron chi connectivity index (χ4n) is 4.64. The monoisotopic (exact) mass is 494 g/mol. The molecule has 8 nitrogen and oxygen atoms in total. The molecule has 0 radical (unpaired) electrons. The van der Waals surface area contributed by atoms with Crippen LogP contribution in [0.3, 0.4) is 0 Å². The Hall–Kier alpha value is -3.36. The third-order valence-corrected chi connectivity index (χ3v) is 6.53. The van der Waals surface area contributed by atoms with Gasteiger partial charge < -0.3 is 24.2 Å².